The second-order valence-electron chi connectivity index (χ2n) is 5.89. The predicted octanol–water partition coefficient (Wildman–Crippen LogP) is 4.74. The molecule has 3 rings (SSSR count). The van der Waals surface area contributed by atoms with E-state index in [0.29, 0.717) is 28.7 Å². The van der Waals surface area contributed by atoms with Crippen molar-refractivity contribution in [1.29, 1.82) is 5.26 Å². The summed E-state index contributed by atoms with van der Waals surface area (Å²) in [6.07, 6.45) is 3.03. The Kier molecular flexibility index (Phi) is 6.50. The quantitative estimate of drug-likeness (QED) is 0.465. The van der Waals surface area contributed by atoms with Crippen LogP contribution in [0.3, 0.4) is 0 Å². The molecule has 140 valence electrons. The molecule has 0 saturated carbocycles. The summed E-state index contributed by atoms with van der Waals surface area (Å²) < 4.78 is 11.0. The highest BCUT2D eigenvalue weighted by Crippen LogP contribution is 2.23. The molecule has 0 bridgehead atoms. The molecule has 0 aliphatic carbocycles. The molecule has 0 saturated heterocycles. The van der Waals surface area contributed by atoms with Crippen LogP contribution in [0.5, 0.6) is 5.75 Å². The van der Waals surface area contributed by atoms with Crippen molar-refractivity contribution < 1.29 is 13.9 Å². The van der Waals surface area contributed by atoms with E-state index in [1.807, 2.05) is 36.4 Å². The van der Waals surface area contributed by atoms with Crippen molar-refractivity contribution in [2.45, 2.75) is 13.2 Å². The van der Waals surface area contributed by atoms with Crippen molar-refractivity contribution in [3.05, 3.63) is 94.4 Å². The summed E-state index contributed by atoms with van der Waals surface area (Å²) in [5, 5.41) is 12.7. The molecule has 1 amide bonds. The highest BCUT2D eigenvalue weighted by Gasteiger charge is 2.11. The lowest BCUT2D eigenvalue weighted by Gasteiger charge is -2.10. The van der Waals surface area contributed by atoms with Crippen LogP contribution >= 0.6 is 11.6 Å². The maximum atomic E-state index is 12.3. The fourth-order valence-corrected chi connectivity index (χ4v) is 2.71. The maximum Gasteiger partial charge on any atom is 0.262 e. The Hall–Kier alpha value is -3.49. The van der Waals surface area contributed by atoms with Crippen LogP contribution in [0.2, 0.25) is 5.02 Å². The van der Waals surface area contributed by atoms with Gasteiger partial charge in [0.1, 0.15) is 29.8 Å². The highest BCUT2D eigenvalue weighted by molar-refractivity contribution is 6.30. The molecule has 28 heavy (non-hydrogen) atoms. The Labute approximate surface area is 167 Å². The van der Waals surface area contributed by atoms with Gasteiger partial charge in [0.05, 0.1) is 12.8 Å². The van der Waals surface area contributed by atoms with Crippen LogP contribution in [0.25, 0.3) is 6.08 Å². The summed E-state index contributed by atoms with van der Waals surface area (Å²) in [5.74, 6) is 0.688. The van der Waals surface area contributed by atoms with Crippen LogP contribution in [-0.2, 0) is 17.9 Å². The largest absolute Gasteiger partial charge is 0.488 e. The minimum absolute atomic E-state index is 0.0228. The van der Waals surface area contributed by atoms with E-state index in [0.717, 1.165) is 5.56 Å². The van der Waals surface area contributed by atoms with E-state index in [1.54, 1.807) is 30.3 Å². The number of rotatable bonds is 7. The van der Waals surface area contributed by atoms with Gasteiger partial charge < -0.3 is 14.5 Å². The lowest BCUT2D eigenvalue weighted by molar-refractivity contribution is -0.117. The van der Waals surface area contributed by atoms with Gasteiger partial charge in [0.2, 0.25) is 0 Å². The molecule has 0 unspecified atom stereocenters. The van der Waals surface area contributed by atoms with Gasteiger partial charge in [-0.2, -0.15) is 5.26 Å². The number of nitrogens with one attached hydrogen (secondary N) is 1. The molecule has 2 aromatic carbocycles. The van der Waals surface area contributed by atoms with E-state index in [4.69, 9.17) is 20.8 Å². The number of furan rings is 1. The second kappa shape index (κ2) is 9.45. The summed E-state index contributed by atoms with van der Waals surface area (Å²) in [4.78, 5) is 12.3. The molecule has 6 heteroatoms. The Balaban J connectivity index is 1.72. The van der Waals surface area contributed by atoms with Gasteiger partial charge in [-0.15, -0.1) is 0 Å². The number of halogens is 1. The lowest BCUT2D eigenvalue weighted by atomic mass is 10.1. The Morgan fingerprint density at radius 3 is 2.79 bits per heavy atom. The minimum atomic E-state index is -0.483. The van der Waals surface area contributed by atoms with Crippen molar-refractivity contribution in [2.75, 3.05) is 0 Å². The third kappa shape index (κ3) is 5.26. The third-order valence-corrected chi connectivity index (χ3v) is 4.11. The normalized spacial score (nSPS) is 10.9. The fraction of sp³-hybridized carbons (Fsp3) is 0.0909. The van der Waals surface area contributed by atoms with E-state index >= 15 is 0 Å². The van der Waals surface area contributed by atoms with Crippen LogP contribution < -0.4 is 10.1 Å². The summed E-state index contributed by atoms with van der Waals surface area (Å²) >= 11 is 5.99. The minimum Gasteiger partial charge on any atom is -0.488 e. The van der Waals surface area contributed by atoms with Crippen molar-refractivity contribution in [1.82, 2.24) is 5.32 Å². The summed E-state index contributed by atoms with van der Waals surface area (Å²) in [6, 6.07) is 20.0. The zero-order valence-corrected chi connectivity index (χ0v) is 15.6. The molecule has 0 aliphatic rings. The van der Waals surface area contributed by atoms with E-state index in [2.05, 4.69) is 5.32 Å². The first-order valence-corrected chi connectivity index (χ1v) is 8.92. The van der Waals surface area contributed by atoms with E-state index in [9.17, 15) is 10.1 Å². The zero-order valence-electron chi connectivity index (χ0n) is 14.9. The summed E-state index contributed by atoms with van der Waals surface area (Å²) in [6.45, 7) is 0.524. The van der Waals surface area contributed by atoms with Crippen molar-refractivity contribution in [3.63, 3.8) is 0 Å². The van der Waals surface area contributed by atoms with E-state index in [1.165, 1.54) is 12.3 Å². The van der Waals surface area contributed by atoms with Gasteiger partial charge in [-0.3, -0.25) is 4.79 Å². The van der Waals surface area contributed by atoms with Gasteiger partial charge in [-0.05, 0) is 42.0 Å². The van der Waals surface area contributed by atoms with Crippen molar-refractivity contribution in [3.8, 4) is 11.8 Å². The molecule has 3 aromatic rings. The molecule has 1 N–H and O–H groups in total. The number of hydrogen-bond acceptors (Lipinski definition) is 4. The molecule has 1 heterocycles. The van der Waals surface area contributed by atoms with Crippen molar-refractivity contribution in [2.24, 2.45) is 0 Å². The Morgan fingerprint density at radius 1 is 1.18 bits per heavy atom. The van der Waals surface area contributed by atoms with Gasteiger partial charge in [-0.1, -0.05) is 41.9 Å². The average Bonchev–Trinajstić information content (AvgIpc) is 3.23. The SMILES string of the molecule is N#C/C(=C\c1ccccc1OCc1cccc(Cl)c1)C(=O)NCc1ccco1. The second-order valence-corrected chi connectivity index (χ2v) is 6.32. The molecule has 0 radical (unpaired) electrons. The molecule has 0 spiro atoms. The molecule has 0 aliphatic heterocycles. The number of carbonyl (C=O) groups is 1. The van der Waals surface area contributed by atoms with E-state index < -0.39 is 5.91 Å². The van der Waals surface area contributed by atoms with Crippen LogP contribution in [0.4, 0.5) is 0 Å². The first kappa shape index (κ1) is 19.3. The number of hydrogen-bond donors (Lipinski definition) is 1. The Morgan fingerprint density at radius 2 is 2.04 bits per heavy atom. The average molecular weight is 393 g/mol. The highest BCUT2D eigenvalue weighted by atomic mass is 35.5. The first-order chi connectivity index (χ1) is 13.7. The number of nitrogens with zero attached hydrogens (tertiary/aromatic N) is 1. The molecular weight excluding hydrogens is 376 g/mol. The van der Waals surface area contributed by atoms with Gasteiger partial charge in [0, 0.05) is 10.6 Å². The van der Waals surface area contributed by atoms with Gasteiger partial charge in [0.25, 0.3) is 5.91 Å². The number of nitriles is 1. The monoisotopic (exact) mass is 392 g/mol. The number of para-hydroxylation sites is 1. The summed E-state index contributed by atoms with van der Waals surface area (Å²) in [7, 11) is 0. The standard InChI is InChI=1S/C22H17ClN2O3/c23-19-7-3-5-16(11-19)15-28-21-9-2-1-6-17(21)12-18(13-24)22(26)25-14-20-8-4-10-27-20/h1-12H,14-15H2,(H,25,26)/b18-12+. The third-order valence-electron chi connectivity index (χ3n) is 3.87. The molecular formula is C22H17ClN2O3. The van der Waals surface area contributed by atoms with Crippen LogP contribution in [0.1, 0.15) is 16.9 Å². The summed E-state index contributed by atoms with van der Waals surface area (Å²) in [5.41, 5.74) is 1.53. The predicted molar refractivity (Wildman–Crippen MR) is 106 cm³/mol. The lowest BCUT2D eigenvalue weighted by Crippen LogP contribution is -2.23. The topological polar surface area (TPSA) is 75.3 Å². The van der Waals surface area contributed by atoms with Crippen LogP contribution in [0, 0.1) is 11.3 Å². The smallest absolute Gasteiger partial charge is 0.262 e. The maximum absolute atomic E-state index is 12.3. The molecule has 5 nitrogen and oxygen atoms in total. The molecule has 0 atom stereocenters. The fourth-order valence-electron chi connectivity index (χ4n) is 2.50. The number of amides is 1. The zero-order chi connectivity index (χ0) is 19.8. The number of benzene rings is 2. The van der Waals surface area contributed by atoms with Gasteiger partial charge in [-0.25, -0.2) is 0 Å². The van der Waals surface area contributed by atoms with Gasteiger partial charge >= 0.3 is 0 Å². The van der Waals surface area contributed by atoms with E-state index in [-0.39, 0.29) is 12.1 Å². The van der Waals surface area contributed by atoms with Gasteiger partial charge in [0.15, 0.2) is 0 Å². The molecule has 0 fully saturated rings. The number of carbonyl (C=O) groups excluding carboxylic acids is 1. The van der Waals surface area contributed by atoms with Crippen molar-refractivity contribution >= 4 is 23.6 Å². The number of ether oxygens (including phenoxy) is 1. The Bertz CT molecular complexity index is 1020. The first-order valence-electron chi connectivity index (χ1n) is 8.54. The van der Waals surface area contributed by atoms with Crippen LogP contribution in [-0.4, -0.2) is 5.91 Å². The van der Waals surface area contributed by atoms with Crippen LogP contribution in [0.15, 0.2) is 76.9 Å². The molecule has 1 aromatic heterocycles.